The van der Waals surface area contributed by atoms with Gasteiger partial charge in [0.2, 0.25) is 0 Å². The average molecular weight is 448 g/mol. The third-order valence-electron chi connectivity index (χ3n) is 5.93. The highest BCUT2D eigenvalue weighted by Gasteiger charge is 2.26. The van der Waals surface area contributed by atoms with Crippen molar-refractivity contribution in [1.29, 1.82) is 5.26 Å². The molecule has 0 radical (unpaired) electrons. The fraction of sp³-hybridized carbons (Fsp3) is 0.280. The van der Waals surface area contributed by atoms with Crippen LogP contribution in [0.15, 0.2) is 42.6 Å². The first-order valence-electron chi connectivity index (χ1n) is 10.6. The number of ether oxygens (including phenoxy) is 2. The van der Waals surface area contributed by atoms with Gasteiger partial charge in [-0.3, -0.25) is 0 Å². The number of anilines is 1. The van der Waals surface area contributed by atoms with Crippen molar-refractivity contribution in [3.05, 3.63) is 54.0 Å². The zero-order valence-corrected chi connectivity index (χ0v) is 18.5. The number of nitrogens with two attached hydrogens (primary N) is 1. The van der Waals surface area contributed by atoms with Crippen LogP contribution in [0.1, 0.15) is 18.4 Å². The first-order valence-corrected chi connectivity index (χ1v) is 10.6. The zero-order valence-electron chi connectivity index (χ0n) is 18.5. The van der Waals surface area contributed by atoms with E-state index in [9.17, 15) is 9.50 Å². The fourth-order valence-corrected chi connectivity index (χ4v) is 4.14. The minimum atomic E-state index is -0.622. The number of phenolic OH excluding ortho intramolecular Hbond substituents is 1. The molecule has 4 rings (SSSR count). The van der Waals surface area contributed by atoms with E-state index in [0.717, 1.165) is 25.9 Å². The molecule has 2 aromatic carbocycles. The molecule has 7 nitrogen and oxygen atoms in total. The molecule has 0 aliphatic carbocycles. The number of benzene rings is 2. The van der Waals surface area contributed by atoms with Gasteiger partial charge in [-0.25, -0.2) is 9.37 Å². The number of aromatic hydroxyl groups is 1. The fourth-order valence-electron chi connectivity index (χ4n) is 4.14. The number of pyridine rings is 1. The van der Waals surface area contributed by atoms with Gasteiger partial charge in [0.25, 0.3) is 0 Å². The summed E-state index contributed by atoms with van der Waals surface area (Å²) in [5, 5.41) is 19.5. The lowest BCUT2D eigenvalue weighted by Crippen LogP contribution is -2.40. The summed E-state index contributed by atoms with van der Waals surface area (Å²) in [6, 6.07) is 11.5. The molecule has 0 spiro atoms. The van der Waals surface area contributed by atoms with E-state index in [1.807, 2.05) is 6.07 Å². The summed E-state index contributed by atoms with van der Waals surface area (Å²) in [5.41, 5.74) is 8.48. The van der Waals surface area contributed by atoms with Crippen LogP contribution in [0.5, 0.6) is 17.2 Å². The van der Waals surface area contributed by atoms with Crippen molar-refractivity contribution in [3.8, 4) is 45.6 Å². The van der Waals surface area contributed by atoms with Crippen LogP contribution in [0.25, 0.3) is 22.3 Å². The number of hydrogen-bond acceptors (Lipinski definition) is 7. The number of hydrogen-bond donors (Lipinski definition) is 2. The number of aromatic nitrogens is 1. The van der Waals surface area contributed by atoms with E-state index in [2.05, 4.69) is 4.90 Å². The quantitative estimate of drug-likeness (QED) is 0.606. The van der Waals surface area contributed by atoms with Crippen LogP contribution in [-0.2, 0) is 0 Å². The van der Waals surface area contributed by atoms with Crippen molar-refractivity contribution in [3.63, 3.8) is 0 Å². The summed E-state index contributed by atoms with van der Waals surface area (Å²) in [5.74, 6) is 0.821. The second kappa shape index (κ2) is 9.35. The molecule has 2 heterocycles. The maximum absolute atomic E-state index is 14.6. The molecule has 0 atom stereocenters. The van der Waals surface area contributed by atoms with Gasteiger partial charge in [-0.2, -0.15) is 5.26 Å². The van der Waals surface area contributed by atoms with Gasteiger partial charge in [-0.1, -0.05) is 12.1 Å². The van der Waals surface area contributed by atoms with Crippen molar-refractivity contribution in [2.45, 2.75) is 18.9 Å². The van der Waals surface area contributed by atoms with Crippen molar-refractivity contribution < 1.29 is 19.0 Å². The predicted molar refractivity (Wildman–Crippen MR) is 124 cm³/mol. The molecule has 0 amide bonds. The second-order valence-corrected chi connectivity index (χ2v) is 7.92. The van der Waals surface area contributed by atoms with Crippen LogP contribution >= 0.6 is 0 Å². The van der Waals surface area contributed by atoms with E-state index < -0.39 is 5.82 Å². The molecule has 1 aliphatic rings. The first-order chi connectivity index (χ1) is 16.0. The van der Waals surface area contributed by atoms with Crippen molar-refractivity contribution in [2.24, 2.45) is 5.73 Å². The van der Waals surface area contributed by atoms with Gasteiger partial charge in [-0.15, -0.1) is 0 Å². The van der Waals surface area contributed by atoms with E-state index in [4.69, 9.17) is 25.5 Å². The Morgan fingerprint density at radius 3 is 2.45 bits per heavy atom. The van der Waals surface area contributed by atoms with Crippen LogP contribution in [0.2, 0.25) is 0 Å². The SMILES string of the molecule is COc1ccc(-c2cnc(N3CCC(N)CC3)c(OC)c2-c2ccc(C#N)c(F)c2)cc1O. The summed E-state index contributed by atoms with van der Waals surface area (Å²) < 4.78 is 25.6. The molecule has 1 fully saturated rings. The molecule has 3 N–H and O–H groups in total. The summed E-state index contributed by atoms with van der Waals surface area (Å²) in [7, 11) is 3.03. The Bertz CT molecular complexity index is 1220. The van der Waals surface area contributed by atoms with E-state index in [-0.39, 0.29) is 17.4 Å². The van der Waals surface area contributed by atoms with Crippen molar-refractivity contribution >= 4 is 5.82 Å². The number of methoxy groups -OCH3 is 2. The standard InChI is InChI=1S/C25H25FN4O3/c1-32-22-6-5-15(12-21(22)31)19-14-29-25(30-9-7-18(28)8-10-30)24(33-2)23(19)16-3-4-17(13-27)20(26)11-16/h3-6,11-12,14,18,31H,7-10,28H2,1-2H3. The van der Waals surface area contributed by atoms with Gasteiger partial charge in [0, 0.05) is 36.5 Å². The van der Waals surface area contributed by atoms with E-state index in [0.29, 0.717) is 39.6 Å². The van der Waals surface area contributed by atoms with Crippen LogP contribution < -0.4 is 20.1 Å². The van der Waals surface area contributed by atoms with Gasteiger partial charge in [0.15, 0.2) is 23.1 Å². The van der Waals surface area contributed by atoms with Crippen LogP contribution in [0, 0.1) is 17.1 Å². The number of piperidine rings is 1. The number of phenols is 1. The molecular formula is C25H25FN4O3. The molecule has 1 saturated heterocycles. The monoisotopic (exact) mass is 448 g/mol. The highest BCUT2D eigenvalue weighted by atomic mass is 19.1. The Balaban J connectivity index is 1.94. The van der Waals surface area contributed by atoms with Crippen molar-refractivity contribution in [2.75, 3.05) is 32.2 Å². The average Bonchev–Trinajstić information content (AvgIpc) is 2.83. The predicted octanol–water partition coefficient (Wildman–Crippen LogP) is 4.08. The number of nitrogens with zero attached hydrogens (tertiary/aromatic N) is 3. The Hall–Kier alpha value is -3.83. The zero-order chi connectivity index (χ0) is 23.5. The van der Waals surface area contributed by atoms with E-state index in [1.54, 1.807) is 37.6 Å². The van der Waals surface area contributed by atoms with Gasteiger partial charge in [0.1, 0.15) is 11.9 Å². The third-order valence-corrected chi connectivity index (χ3v) is 5.93. The molecule has 0 saturated carbocycles. The lowest BCUT2D eigenvalue weighted by Gasteiger charge is -2.32. The molecule has 0 unspecified atom stereocenters. The molecule has 1 aliphatic heterocycles. The Labute approximate surface area is 191 Å². The van der Waals surface area contributed by atoms with E-state index >= 15 is 0 Å². The lowest BCUT2D eigenvalue weighted by molar-refractivity contribution is 0.373. The highest BCUT2D eigenvalue weighted by Crippen LogP contribution is 2.45. The molecule has 1 aromatic heterocycles. The minimum absolute atomic E-state index is 0.0278. The summed E-state index contributed by atoms with van der Waals surface area (Å²) in [4.78, 5) is 6.80. The molecular weight excluding hydrogens is 423 g/mol. The van der Waals surface area contributed by atoms with Gasteiger partial charge < -0.3 is 25.2 Å². The Kier molecular flexibility index (Phi) is 6.33. The largest absolute Gasteiger partial charge is 0.504 e. The van der Waals surface area contributed by atoms with E-state index in [1.165, 1.54) is 19.2 Å². The molecule has 170 valence electrons. The van der Waals surface area contributed by atoms with Crippen LogP contribution in [-0.4, -0.2) is 43.4 Å². The van der Waals surface area contributed by atoms with Gasteiger partial charge in [-0.05, 0) is 48.2 Å². The highest BCUT2D eigenvalue weighted by molar-refractivity contribution is 5.91. The summed E-state index contributed by atoms with van der Waals surface area (Å²) in [6.45, 7) is 1.46. The summed E-state index contributed by atoms with van der Waals surface area (Å²) >= 11 is 0. The normalized spacial score (nSPS) is 14.1. The number of halogens is 1. The third kappa shape index (κ3) is 4.28. The van der Waals surface area contributed by atoms with Crippen LogP contribution in [0.4, 0.5) is 10.2 Å². The van der Waals surface area contributed by atoms with Gasteiger partial charge in [0.05, 0.1) is 19.8 Å². The second-order valence-electron chi connectivity index (χ2n) is 7.92. The smallest absolute Gasteiger partial charge is 0.172 e. The van der Waals surface area contributed by atoms with Gasteiger partial charge >= 0.3 is 0 Å². The topological polar surface area (TPSA) is 105 Å². The molecule has 0 bridgehead atoms. The summed E-state index contributed by atoms with van der Waals surface area (Å²) in [6.07, 6.45) is 3.36. The lowest BCUT2D eigenvalue weighted by atomic mass is 9.93. The molecule has 33 heavy (non-hydrogen) atoms. The maximum atomic E-state index is 14.6. The molecule has 8 heteroatoms. The number of rotatable bonds is 5. The first kappa shape index (κ1) is 22.4. The minimum Gasteiger partial charge on any atom is -0.504 e. The maximum Gasteiger partial charge on any atom is 0.172 e. The Morgan fingerprint density at radius 2 is 1.85 bits per heavy atom. The van der Waals surface area contributed by atoms with Crippen LogP contribution in [0.3, 0.4) is 0 Å². The Morgan fingerprint density at radius 1 is 1.12 bits per heavy atom. The molecule has 3 aromatic rings. The number of nitriles is 1. The van der Waals surface area contributed by atoms with Crippen molar-refractivity contribution in [1.82, 2.24) is 4.98 Å².